The van der Waals surface area contributed by atoms with Crippen LogP contribution in [0.1, 0.15) is 0 Å². The maximum absolute atomic E-state index is 5.08. The van der Waals surface area contributed by atoms with Crippen molar-refractivity contribution in [1.29, 1.82) is 0 Å². The van der Waals surface area contributed by atoms with Gasteiger partial charge in [-0.15, -0.1) is 0 Å². The third-order valence-electron chi connectivity index (χ3n) is 2.55. The van der Waals surface area contributed by atoms with Gasteiger partial charge < -0.3 is 9.72 Å². The molecule has 2 heterocycles. The number of hydrogen-bond donors (Lipinski definition) is 1. The van der Waals surface area contributed by atoms with E-state index in [1.165, 1.54) is 0 Å². The van der Waals surface area contributed by atoms with Crippen molar-refractivity contribution in [3.05, 3.63) is 36.7 Å². The van der Waals surface area contributed by atoms with Crippen molar-refractivity contribution in [3.8, 4) is 5.75 Å². The Morgan fingerprint density at radius 1 is 1.39 bits per heavy atom. The molecule has 1 aromatic carbocycles. The van der Waals surface area contributed by atoms with Crippen LogP contribution in [0.2, 0.25) is 0 Å². The SMILES string of the molecule is COc1cnn(CSc2nc3ccccc3[nH]2)c1. The predicted molar refractivity (Wildman–Crippen MR) is 70.7 cm³/mol. The van der Waals surface area contributed by atoms with E-state index in [1.54, 1.807) is 25.1 Å². The highest BCUT2D eigenvalue weighted by Crippen LogP contribution is 2.21. The summed E-state index contributed by atoms with van der Waals surface area (Å²) in [6, 6.07) is 7.99. The first kappa shape index (κ1) is 11.2. The fourth-order valence-corrected chi connectivity index (χ4v) is 2.39. The Balaban J connectivity index is 1.72. The van der Waals surface area contributed by atoms with Crippen LogP contribution >= 0.6 is 11.8 Å². The zero-order valence-electron chi connectivity index (χ0n) is 9.83. The molecular formula is C12H12N4OS. The van der Waals surface area contributed by atoms with Gasteiger partial charge in [-0.3, -0.25) is 4.68 Å². The van der Waals surface area contributed by atoms with Crippen molar-refractivity contribution < 1.29 is 4.74 Å². The van der Waals surface area contributed by atoms with E-state index in [0.717, 1.165) is 21.9 Å². The molecule has 18 heavy (non-hydrogen) atoms. The monoisotopic (exact) mass is 260 g/mol. The van der Waals surface area contributed by atoms with Gasteiger partial charge in [-0.1, -0.05) is 23.9 Å². The molecule has 0 fully saturated rings. The first-order valence-corrected chi connectivity index (χ1v) is 6.48. The zero-order valence-corrected chi connectivity index (χ0v) is 10.6. The van der Waals surface area contributed by atoms with Crippen molar-refractivity contribution in [3.63, 3.8) is 0 Å². The smallest absolute Gasteiger partial charge is 0.168 e. The zero-order chi connectivity index (χ0) is 12.4. The second-order valence-corrected chi connectivity index (χ2v) is 4.69. The van der Waals surface area contributed by atoms with E-state index in [1.807, 2.05) is 35.1 Å². The quantitative estimate of drug-likeness (QED) is 0.732. The minimum atomic E-state index is 0.698. The topological polar surface area (TPSA) is 55.7 Å². The Labute approximate surface area is 108 Å². The molecule has 0 saturated carbocycles. The lowest BCUT2D eigenvalue weighted by Crippen LogP contribution is -1.94. The number of nitrogens with zero attached hydrogens (tertiary/aromatic N) is 3. The molecule has 0 bridgehead atoms. The number of para-hydroxylation sites is 2. The van der Waals surface area contributed by atoms with Gasteiger partial charge in [0.25, 0.3) is 0 Å². The third-order valence-corrected chi connectivity index (χ3v) is 3.41. The third kappa shape index (κ3) is 2.19. The number of ether oxygens (including phenoxy) is 1. The maximum atomic E-state index is 5.08. The summed E-state index contributed by atoms with van der Waals surface area (Å²) in [7, 11) is 1.63. The van der Waals surface area contributed by atoms with Gasteiger partial charge in [-0.25, -0.2) is 4.98 Å². The molecule has 3 rings (SSSR count). The van der Waals surface area contributed by atoms with Crippen LogP contribution in [0.25, 0.3) is 11.0 Å². The van der Waals surface area contributed by atoms with Crippen LogP contribution in [0.5, 0.6) is 5.75 Å². The van der Waals surface area contributed by atoms with Gasteiger partial charge in [0.1, 0.15) is 0 Å². The fraction of sp³-hybridized carbons (Fsp3) is 0.167. The minimum absolute atomic E-state index is 0.698. The van der Waals surface area contributed by atoms with E-state index in [9.17, 15) is 0 Å². The molecule has 0 aliphatic heterocycles. The summed E-state index contributed by atoms with van der Waals surface area (Å²) in [5.41, 5.74) is 2.04. The minimum Gasteiger partial charge on any atom is -0.493 e. The maximum Gasteiger partial charge on any atom is 0.168 e. The standard InChI is InChI=1S/C12H12N4OS/c1-17-9-6-13-16(7-9)8-18-12-14-10-4-2-3-5-11(10)15-12/h2-7H,8H2,1H3,(H,14,15). The van der Waals surface area contributed by atoms with Gasteiger partial charge in [0, 0.05) is 0 Å². The second kappa shape index (κ2) is 4.73. The molecule has 92 valence electrons. The number of aromatic amines is 1. The molecular weight excluding hydrogens is 248 g/mol. The highest BCUT2D eigenvalue weighted by atomic mass is 32.2. The average Bonchev–Trinajstić information content (AvgIpc) is 3.02. The second-order valence-electron chi connectivity index (χ2n) is 3.75. The van der Waals surface area contributed by atoms with Crippen LogP contribution in [-0.4, -0.2) is 26.9 Å². The summed E-state index contributed by atoms with van der Waals surface area (Å²) in [4.78, 5) is 7.76. The Morgan fingerprint density at radius 3 is 3.06 bits per heavy atom. The lowest BCUT2D eigenvalue weighted by molar-refractivity contribution is 0.414. The first-order chi connectivity index (χ1) is 8.85. The molecule has 0 radical (unpaired) electrons. The van der Waals surface area contributed by atoms with Crippen molar-refractivity contribution in [2.24, 2.45) is 0 Å². The van der Waals surface area contributed by atoms with Gasteiger partial charge in [-0.05, 0) is 12.1 Å². The van der Waals surface area contributed by atoms with Crippen LogP contribution in [0.4, 0.5) is 0 Å². The molecule has 0 aliphatic rings. The number of rotatable bonds is 4. The predicted octanol–water partition coefficient (Wildman–Crippen LogP) is 2.52. The van der Waals surface area contributed by atoms with Gasteiger partial charge >= 0.3 is 0 Å². The highest BCUT2D eigenvalue weighted by molar-refractivity contribution is 7.98. The normalized spacial score (nSPS) is 10.9. The summed E-state index contributed by atoms with van der Waals surface area (Å²) < 4.78 is 6.90. The van der Waals surface area contributed by atoms with Gasteiger partial charge in [0.15, 0.2) is 10.9 Å². The molecule has 0 saturated heterocycles. The summed E-state index contributed by atoms with van der Waals surface area (Å²) in [5.74, 6) is 1.46. The van der Waals surface area contributed by atoms with Crippen LogP contribution in [0.3, 0.4) is 0 Å². The largest absolute Gasteiger partial charge is 0.493 e. The van der Waals surface area contributed by atoms with E-state index in [0.29, 0.717) is 5.88 Å². The molecule has 0 unspecified atom stereocenters. The molecule has 2 aromatic heterocycles. The van der Waals surface area contributed by atoms with Gasteiger partial charge in [-0.2, -0.15) is 5.10 Å². The molecule has 0 amide bonds. The van der Waals surface area contributed by atoms with Crippen molar-refractivity contribution in [2.45, 2.75) is 11.0 Å². The Hall–Kier alpha value is -1.95. The molecule has 5 nitrogen and oxygen atoms in total. The van der Waals surface area contributed by atoms with Crippen molar-refractivity contribution in [1.82, 2.24) is 19.7 Å². The summed E-state index contributed by atoms with van der Waals surface area (Å²) in [6.07, 6.45) is 3.55. The van der Waals surface area contributed by atoms with E-state index >= 15 is 0 Å². The molecule has 0 aliphatic carbocycles. The van der Waals surface area contributed by atoms with E-state index < -0.39 is 0 Å². The van der Waals surface area contributed by atoms with Crippen molar-refractivity contribution >= 4 is 22.8 Å². The number of thioether (sulfide) groups is 1. The van der Waals surface area contributed by atoms with Gasteiger partial charge in [0.2, 0.25) is 0 Å². The summed E-state index contributed by atoms with van der Waals surface area (Å²) in [6.45, 7) is 0. The van der Waals surface area contributed by atoms with Crippen LogP contribution in [-0.2, 0) is 5.88 Å². The number of benzene rings is 1. The first-order valence-electron chi connectivity index (χ1n) is 5.49. The van der Waals surface area contributed by atoms with Crippen molar-refractivity contribution in [2.75, 3.05) is 7.11 Å². The fourth-order valence-electron chi connectivity index (χ4n) is 1.65. The number of H-pyrrole nitrogens is 1. The average molecular weight is 260 g/mol. The lowest BCUT2D eigenvalue weighted by Gasteiger charge is -1.97. The molecule has 1 N–H and O–H groups in total. The van der Waals surface area contributed by atoms with Crippen LogP contribution in [0.15, 0.2) is 41.8 Å². The van der Waals surface area contributed by atoms with E-state index in [2.05, 4.69) is 15.1 Å². The Kier molecular flexibility index (Phi) is 2.93. The van der Waals surface area contributed by atoms with Crippen LogP contribution in [0, 0.1) is 0 Å². The number of methoxy groups -OCH3 is 1. The van der Waals surface area contributed by atoms with Crippen LogP contribution < -0.4 is 4.74 Å². The van der Waals surface area contributed by atoms with E-state index in [-0.39, 0.29) is 0 Å². The molecule has 3 aromatic rings. The Bertz CT molecular complexity index is 628. The number of fused-ring (bicyclic) bond motifs is 1. The highest BCUT2D eigenvalue weighted by Gasteiger charge is 2.03. The molecule has 0 spiro atoms. The van der Waals surface area contributed by atoms with E-state index in [4.69, 9.17) is 4.74 Å². The number of hydrogen-bond acceptors (Lipinski definition) is 4. The van der Waals surface area contributed by atoms with Gasteiger partial charge in [0.05, 0.1) is 36.4 Å². The molecule has 6 heteroatoms. The number of nitrogens with one attached hydrogen (secondary N) is 1. The number of imidazole rings is 1. The lowest BCUT2D eigenvalue weighted by atomic mass is 10.3. The number of aromatic nitrogens is 4. The Morgan fingerprint density at radius 2 is 2.28 bits per heavy atom. The summed E-state index contributed by atoms with van der Waals surface area (Å²) >= 11 is 1.60. The summed E-state index contributed by atoms with van der Waals surface area (Å²) in [5, 5.41) is 5.08. The molecule has 0 atom stereocenters.